The first-order valence-corrected chi connectivity index (χ1v) is 9.06. The van der Waals surface area contributed by atoms with E-state index in [4.69, 9.17) is 13.9 Å². The zero-order chi connectivity index (χ0) is 18.1. The number of hydrogen-bond acceptors (Lipinski definition) is 5. The number of aryl methyl sites for hydroxylation is 2. The molecule has 4 rings (SSSR count). The Bertz CT molecular complexity index is 795. The molecule has 6 heteroatoms. The molecule has 1 spiro atoms. The molecule has 1 atom stereocenters. The topological polar surface area (TPSA) is 64.8 Å². The second kappa shape index (κ2) is 6.85. The summed E-state index contributed by atoms with van der Waals surface area (Å²) in [4.78, 5) is 18.8. The number of likely N-dealkylation sites (tertiary alicyclic amines) is 1. The van der Waals surface area contributed by atoms with E-state index in [2.05, 4.69) is 4.98 Å². The van der Waals surface area contributed by atoms with Gasteiger partial charge >= 0.3 is 0 Å². The summed E-state index contributed by atoms with van der Waals surface area (Å²) in [5.41, 5.74) is 2.31. The van der Waals surface area contributed by atoms with Crippen LogP contribution in [0.3, 0.4) is 0 Å². The van der Waals surface area contributed by atoms with Gasteiger partial charge in [0.15, 0.2) is 0 Å². The van der Waals surface area contributed by atoms with Crippen LogP contribution in [0, 0.1) is 13.8 Å². The number of aromatic nitrogens is 1. The molecule has 0 radical (unpaired) electrons. The number of pyridine rings is 1. The maximum absolute atomic E-state index is 12.5. The highest BCUT2D eigenvalue weighted by molar-refractivity contribution is 5.95. The zero-order valence-electron chi connectivity index (χ0n) is 15.2. The van der Waals surface area contributed by atoms with Crippen molar-refractivity contribution in [3.05, 3.63) is 53.2 Å². The molecule has 26 heavy (non-hydrogen) atoms. The minimum absolute atomic E-state index is 0.0116. The maximum Gasteiger partial charge on any atom is 0.257 e. The van der Waals surface area contributed by atoms with Crippen LogP contribution in [-0.2, 0) is 16.1 Å². The predicted octanol–water partition coefficient (Wildman–Crippen LogP) is 2.88. The number of rotatable bonds is 4. The lowest BCUT2D eigenvalue weighted by Gasteiger charge is -2.52. The minimum Gasteiger partial charge on any atom is -0.469 e. The smallest absolute Gasteiger partial charge is 0.257 e. The van der Waals surface area contributed by atoms with Crippen molar-refractivity contribution >= 4 is 5.91 Å². The summed E-state index contributed by atoms with van der Waals surface area (Å²) in [6, 6.07) is 7.69. The molecule has 138 valence electrons. The third kappa shape index (κ3) is 3.39. The molecule has 2 aromatic heterocycles. The molecule has 1 unspecified atom stereocenters. The average molecular weight is 356 g/mol. The van der Waals surface area contributed by atoms with Gasteiger partial charge < -0.3 is 18.8 Å². The molecule has 1 amide bonds. The van der Waals surface area contributed by atoms with Gasteiger partial charge in [-0.25, -0.2) is 0 Å². The van der Waals surface area contributed by atoms with E-state index in [1.165, 1.54) is 0 Å². The number of amides is 1. The molecule has 2 aliphatic rings. The van der Waals surface area contributed by atoms with Crippen molar-refractivity contribution in [2.75, 3.05) is 19.7 Å². The van der Waals surface area contributed by atoms with Crippen LogP contribution in [0.5, 0.6) is 0 Å². The molecule has 2 fully saturated rings. The lowest BCUT2D eigenvalue weighted by Crippen LogP contribution is -2.67. The number of carbonyl (C=O) groups is 1. The predicted molar refractivity (Wildman–Crippen MR) is 94.8 cm³/mol. The van der Waals surface area contributed by atoms with Gasteiger partial charge in [0.2, 0.25) is 0 Å². The molecule has 2 aliphatic heterocycles. The van der Waals surface area contributed by atoms with Crippen molar-refractivity contribution in [3.8, 4) is 0 Å². The van der Waals surface area contributed by atoms with E-state index in [1.807, 2.05) is 36.9 Å². The van der Waals surface area contributed by atoms with Gasteiger partial charge in [-0.1, -0.05) is 6.07 Å². The Hall–Kier alpha value is -2.18. The number of nitrogens with zero attached hydrogens (tertiary/aromatic N) is 2. The van der Waals surface area contributed by atoms with Crippen molar-refractivity contribution in [1.82, 2.24) is 9.88 Å². The molecule has 4 heterocycles. The Balaban J connectivity index is 1.32. The third-order valence-electron chi connectivity index (χ3n) is 5.20. The van der Waals surface area contributed by atoms with Crippen molar-refractivity contribution in [2.45, 2.75) is 45.0 Å². The number of furan rings is 1. The quantitative estimate of drug-likeness (QED) is 0.843. The summed E-state index contributed by atoms with van der Waals surface area (Å²) in [5, 5.41) is 0. The van der Waals surface area contributed by atoms with Gasteiger partial charge in [0.05, 0.1) is 43.3 Å². The van der Waals surface area contributed by atoms with E-state index in [9.17, 15) is 4.79 Å². The van der Waals surface area contributed by atoms with Crippen molar-refractivity contribution in [1.29, 1.82) is 0 Å². The first kappa shape index (κ1) is 17.2. The maximum atomic E-state index is 12.5. The first-order valence-electron chi connectivity index (χ1n) is 9.06. The van der Waals surface area contributed by atoms with Crippen LogP contribution in [0.25, 0.3) is 0 Å². The Morgan fingerprint density at radius 1 is 1.35 bits per heavy atom. The summed E-state index contributed by atoms with van der Waals surface area (Å²) in [7, 11) is 0. The fourth-order valence-corrected chi connectivity index (χ4v) is 3.80. The second-order valence-corrected chi connectivity index (χ2v) is 7.28. The van der Waals surface area contributed by atoms with Gasteiger partial charge in [-0.2, -0.15) is 0 Å². The minimum atomic E-state index is -0.268. The highest BCUT2D eigenvalue weighted by atomic mass is 16.5. The van der Waals surface area contributed by atoms with E-state index in [0.29, 0.717) is 37.6 Å². The summed E-state index contributed by atoms with van der Waals surface area (Å²) < 4.78 is 17.3. The molecule has 0 bridgehead atoms. The van der Waals surface area contributed by atoms with Crippen LogP contribution in [0.4, 0.5) is 0 Å². The van der Waals surface area contributed by atoms with E-state index < -0.39 is 0 Å². The average Bonchev–Trinajstić information content (AvgIpc) is 3.03. The monoisotopic (exact) mass is 356 g/mol. The normalized spacial score (nSPS) is 21.6. The van der Waals surface area contributed by atoms with Crippen LogP contribution in [0.1, 0.15) is 40.3 Å². The van der Waals surface area contributed by atoms with Crippen molar-refractivity contribution < 1.29 is 18.7 Å². The SMILES string of the molecule is Cc1cccc(COC2CCOC3(C2)CN(C(=O)c2ccoc2C)C3)n1. The van der Waals surface area contributed by atoms with Gasteiger partial charge in [-0.3, -0.25) is 9.78 Å². The molecule has 0 saturated carbocycles. The molecular formula is C20H24N2O4. The number of ether oxygens (including phenoxy) is 2. The zero-order valence-corrected chi connectivity index (χ0v) is 15.2. The number of hydrogen-bond donors (Lipinski definition) is 0. The van der Waals surface area contributed by atoms with Gasteiger partial charge in [0.25, 0.3) is 5.91 Å². The molecule has 0 aromatic carbocycles. The van der Waals surface area contributed by atoms with Gasteiger partial charge in [-0.05, 0) is 38.5 Å². The van der Waals surface area contributed by atoms with Gasteiger partial charge in [0.1, 0.15) is 11.4 Å². The van der Waals surface area contributed by atoms with Crippen molar-refractivity contribution in [2.24, 2.45) is 0 Å². The first-order chi connectivity index (χ1) is 12.5. The highest BCUT2D eigenvalue weighted by Gasteiger charge is 2.50. The third-order valence-corrected chi connectivity index (χ3v) is 5.20. The summed E-state index contributed by atoms with van der Waals surface area (Å²) in [6.07, 6.45) is 3.38. The van der Waals surface area contributed by atoms with Crippen LogP contribution in [0.2, 0.25) is 0 Å². The Labute approximate surface area is 153 Å². The lowest BCUT2D eigenvalue weighted by atomic mass is 9.84. The summed E-state index contributed by atoms with van der Waals surface area (Å²) in [5.74, 6) is 0.671. The molecule has 2 aromatic rings. The highest BCUT2D eigenvalue weighted by Crippen LogP contribution is 2.36. The molecular weight excluding hydrogens is 332 g/mol. The second-order valence-electron chi connectivity index (χ2n) is 7.28. The standard InChI is InChI=1S/C20H24N2O4/c1-14-4-3-5-16(21-14)11-25-17-6-9-26-20(10-17)12-22(13-20)19(23)18-7-8-24-15(18)2/h3-5,7-8,17H,6,9-13H2,1-2H3. The Morgan fingerprint density at radius 2 is 2.19 bits per heavy atom. The van der Waals surface area contributed by atoms with Crippen LogP contribution in [0.15, 0.2) is 34.9 Å². The molecule has 0 N–H and O–H groups in total. The van der Waals surface area contributed by atoms with Crippen molar-refractivity contribution in [3.63, 3.8) is 0 Å². The molecule has 0 aliphatic carbocycles. The summed E-state index contributed by atoms with van der Waals surface area (Å²) in [6.45, 7) is 6.19. The summed E-state index contributed by atoms with van der Waals surface area (Å²) >= 11 is 0. The lowest BCUT2D eigenvalue weighted by molar-refractivity contribution is -0.188. The van der Waals surface area contributed by atoms with Crippen LogP contribution >= 0.6 is 0 Å². The van der Waals surface area contributed by atoms with Crippen LogP contribution < -0.4 is 0 Å². The fraction of sp³-hybridized carbons (Fsp3) is 0.500. The number of carbonyl (C=O) groups excluding carboxylic acids is 1. The van der Waals surface area contributed by atoms with Gasteiger partial charge in [-0.15, -0.1) is 0 Å². The van der Waals surface area contributed by atoms with Crippen LogP contribution in [-0.4, -0.2) is 47.2 Å². The van der Waals surface area contributed by atoms with E-state index in [-0.39, 0.29) is 17.6 Å². The van der Waals surface area contributed by atoms with E-state index in [1.54, 1.807) is 12.3 Å². The Morgan fingerprint density at radius 3 is 2.92 bits per heavy atom. The molecule has 6 nitrogen and oxygen atoms in total. The van der Waals surface area contributed by atoms with E-state index in [0.717, 1.165) is 24.2 Å². The van der Waals surface area contributed by atoms with Gasteiger partial charge in [0, 0.05) is 18.7 Å². The Kier molecular flexibility index (Phi) is 4.54. The largest absolute Gasteiger partial charge is 0.469 e. The molecule has 2 saturated heterocycles. The van der Waals surface area contributed by atoms with E-state index >= 15 is 0 Å². The fourth-order valence-electron chi connectivity index (χ4n) is 3.80.